The van der Waals surface area contributed by atoms with Crippen molar-refractivity contribution in [1.82, 2.24) is 0 Å². The van der Waals surface area contributed by atoms with Crippen LogP contribution in [0.2, 0.25) is 0 Å². The molecule has 1 rings (SSSR count). The van der Waals surface area contributed by atoms with Gasteiger partial charge in [0, 0.05) is 0 Å². The predicted molar refractivity (Wildman–Crippen MR) is 72.0 cm³/mol. The molecule has 0 spiro atoms. The van der Waals surface area contributed by atoms with Crippen molar-refractivity contribution in [1.29, 1.82) is 0 Å². The van der Waals surface area contributed by atoms with E-state index in [1.165, 1.54) is 5.56 Å². The Labute approximate surface area is 104 Å². The number of methoxy groups -OCH3 is 1. The molecule has 0 aliphatic rings. The number of aryl methyl sites for hydroxylation is 1. The molecular formula is C15H22O2. The van der Waals surface area contributed by atoms with Crippen molar-refractivity contribution in [2.75, 3.05) is 13.7 Å². The predicted octanol–water partition coefficient (Wildman–Crippen LogP) is 3.77. The molecule has 0 radical (unpaired) electrons. The first-order valence-electron chi connectivity index (χ1n) is 5.99. The monoisotopic (exact) mass is 234 g/mol. The van der Waals surface area contributed by atoms with E-state index in [1.807, 2.05) is 19.1 Å². The molecule has 0 saturated heterocycles. The van der Waals surface area contributed by atoms with Gasteiger partial charge in [-0.3, -0.25) is 0 Å². The van der Waals surface area contributed by atoms with E-state index in [2.05, 4.69) is 26.5 Å². The molecule has 0 aromatic heterocycles. The Morgan fingerprint density at radius 1 is 1.35 bits per heavy atom. The first kappa shape index (κ1) is 13.6. The van der Waals surface area contributed by atoms with Gasteiger partial charge in [0.15, 0.2) is 11.5 Å². The van der Waals surface area contributed by atoms with Crippen LogP contribution in [0.1, 0.15) is 25.0 Å². The molecule has 0 N–H and O–H groups in total. The van der Waals surface area contributed by atoms with Crippen molar-refractivity contribution in [3.8, 4) is 11.5 Å². The molecule has 1 aromatic carbocycles. The van der Waals surface area contributed by atoms with Gasteiger partial charge in [0.05, 0.1) is 13.7 Å². The molecule has 0 aliphatic carbocycles. The summed E-state index contributed by atoms with van der Waals surface area (Å²) >= 11 is 0. The average molecular weight is 234 g/mol. The minimum absolute atomic E-state index is 0.506. The fourth-order valence-corrected chi connectivity index (χ4v) is 1.68. The zero-order valence-corrected chi connectivity index (χ0v) is 11.2. The summed E-state index contributed by atoms with van der Waals surface area (Å²) in [6, 6.07) is 4.14. The van der Waals surface area contributed by atoms with Gasteiger partial charge in [0.1, 0.15) is 0 Å². The molecular weight excluding hydrogens is 212 g/mol. The maximum absolute atomic E-state index is 5.80. The Hall–Kier alpha value is -1.44. The summed E-state index contributed by atoms with van der Waals surface area (Å²) in [5.74, 6) is 2.17. The molecule has 2 nitrogen and oxygen atoms in total. The highest BCUT2D eigenvalue weighted by Crippen LogP contribution is 2.32. The molecule has 0 aliphatic heterocycles. The highest BCUT2D eigenvalue weighted by atomic mass is 16.5. The molecule has 0 unspecified atom stereocenters. The maximum Gasteiger partial charge on any atom is 0.164 e. The number of hydrogen-bond acceptors (Lipinski definition) is 2. The second kappa shape index (κ2) is 6.33. The van der Waals surface area contributed by atoms with Crippen molar-refractivity contribution >= 4 is 0 Å². The summed E-state index contributed by atoms with van der Waals surface area (Å²) in [4.78, 5) is 0. The highest BCUT2D eigenvalue weighted by Gasteiger charge is 2.10. The zero-order chi connectivity index (χ0) is 12.8. The van der Waals surface area contributed by atoms with Crippen LogP contribution in [-0.2, 0) is 6.42 Å². The summed E-state index contributed by atoms with van der Waals surface area (Å²) in [6.07, 6.45) is 2.74. The second-order valence-electron chi connectivity index (χ2n) is 4.64. The van der Waals surface area contributed by atoms with E-state index in [9.17, 15) is 0 Å². The van der Waals surface area contributed by atoms with Crippen LogP contribution in [0.4, 0.5) is 0 Å². The quantitative estimate of drug-likeness (QED) is 0.698. The van der Waals surface area contributed by atoms with Gasteiger partial charge in [0.2, 0.25) is 0 Å². The minimum atomic E-state index is 0.506. The lowest BCUT2D eigenvalue weighted by atomic mass is 10.1. The van der Waals surface area contributed by atoms with Crippen LogP contribution in [0, 0.1) is 12.8 Å². The van der Waals surface area contributed by atoms with Gasteiger partial charge in [0.25, 0.3) is 0 Å². The van der Waals surface area contributed by atoms with Crippen molar-refractivity contribution in [3.05, 3.63) is 35.9 Å². The van der Waals surface area contributed by atoms with Crippen LogP contribution in [0.5, 0.6) is 11.5 Å². The Bertz CT molecular complexity index is 381. The summed E-state index contributed by atoms with van der Waals surface area (Å²) in [7, 11) is 1.68. The third kappa shape index (κ3) is 3.81. The molecule has 0 fully saturated rings. The van der Waals surface area contributed by atoms with Crippen LogP contribution in [0.15, 0.2) is 24.8 Å². The van der Waals surface area contributed by atoms with Gasteiger partial charge in [-0.2, -0.15) is 0 Å². The first-order chi connectivity index (χ1) is 8.08. The van der Waals surface area contributed by atoms with E-state index < -0.39 is 0 Å². The fourth-order valence-electron chi connectivity index (χ4n) is 1.68. The molecule has 0 heterocycles. The highest BCUT2D eigenvalue weighted by molar-refractivity contribution is 5.49. The van der Waals surface area contributed by atoms with Crippen molar-refractivity contribution in [2.45, 2.75) is 27.2 Å². The third-order valence-electron chi connectivity index (χ3n) is 2.46. The van der Waals surface area contributed by atoms with Gasteiger partial charge >= 0.3 is 0 Å². The molecule has 17 heavy (non-hydrogen) atoms. The van der Waals surface area contributed by atoms with Crippen LogP contribution >= 0.6 is 0 Å². The van der Waals surface area contributed by atoms with Crippen LogP contribution in [-0.4, -0.2) is 13.7 Å². The molecule has 2 heteroatoms. The Morgan fingerprint density at radius 2 is 2.06 bits per heavy atom. The smallest absolute Gasteiger partial charge is 0.164 e. The molecule has 0 bridgehead atoms. The van der Waals surface area contributed by atoms with Crippen LogP contribution < -0.4 is 9.47 Å². The third-order valence-corrected chi connectivity index (χ3v) is 2.46. The van der Waals surface area contributed by atoms with E-state index in [4.69, 9.17) is 9.47 Å². The van der Waals surface area contributed by atoms with Gasteiger partial charge in [-0.05, 0) is 36.5 Å². The SMILES string of the molecule is C=CCc1cc(C)c(OCC(C)C)c(OC)c1. The lowest BCUT2D eigenvalue weighted by Gasteiger charge is -2.16. The minimum Gasteiger partial charge on any atom is -0.493 e. The molecule has 0 saturated carbocycles. The number of allylic oxidation sites excluding steroid dienone is 1. The van der Waals surface area contributed by atoms with E-state index in [1.54, 1.807) is 7.11 Å². The van der Waals surface area contributed by atoms with Gasteiger partial charge < -0.3 is 9.47 Å². The Balaban J connectivity index is 2.98. The van der Waals surface area contributed by atoms with E-state index in [-0.39, 0.29) is 0 Å². The summed E-state index contributed by atoms with van der Waals surface area (Å²) in [5, 5.41) is 0. The molecule has 0 atom stereocenters. The van der Waals surface area contributed by atoms with Crippen molar-refractivity contribution in [3.63, 3.8) is 0 Å². The zero-order valence-electron chi connectivity index (χ0n) is 11.2. The first-order valence-corrected chi connectivity index (χ1v) is 5.99. The largest absolute Gasteiger partial charge is 0.493 e. The number of ether oxygens (including phenoxy) is 2. The summed E-state index contributed by atoms with van der Waals surface area (Å²) in [6.45, 7) is 10.8. The fraction of sp³-hybridized carbons (Fsp3) is 0.467. The molecule has 94 valence electrons. The number of rotatable bonds is 6. The molecule has 0 amide bonds. The van der Waals surface area contributed by atoms with E-state index >= 15 is 0 Å². The van der Waals surface area contributed by atoms with E-state index in [0.717, 1.165) is 23.5 Å². The Morgan fingerprint density at radius 3 is 2.59 bits per heavy atom. The Kier molecular flexibility index (Phi) is 5.08. The van der Waals surface area contributed by atoms with Gasteiger partial charge in [-0.1, -0.05) is 26.0 Å². The normalized spacial score (nSPS) is 10.4. The maximum atomic E-state index is 5.80. The van der Waals surface area contributed by atoms with Crippen LogP contribution in [0.3, 0.4) is 0 Å². The van der Waals surface area contributed by atoms with E-state index in [0.29, 0.717) is 12.5 Å². The van der Waals surface area contributed by atoms with Crippen LogP contribution in [0.25, 0.3) is 0 Å². The number of hydrogen-bond donors (Lipinski definition) is 0. The summed E-state index contributed by atoms with van der Waals surface area (Å²) < 4.78 is 11.2. The van der Waals surface area contributed by atoms with Crippen molar-refractivity contribution < 1.29 is 9.47 Å². The topological polar surface area (TPSA) is 18.5 Å². The second-order valence-corrected chi connectivity index (χ2v) is 4.64. The average Bonchev–Trinajstić information content (AvgIpc) is 2.27. The molecule has 1 aromatic rings. The summed E-state index contributed by atoms with van der Waals surface area (Å²) in [5.41, 5.74) is 2.31. The van der Waals surface area contributed by atoms with Crippen molar-refractivity contribution in [2.24, 2.45) is 5.92 Å². The standard InChI is InChI=1S/C15H22O2/c1-6-7-13-8-12(4)15(14(9-13)16-5)17-10-11(2)3/h6,8-9,11H,1,7,10H2,2-5H3. The lowest BCUT2D eigenvalue weighted by Crippen LogP contribution is -2.07. The van der Waals surface area contributed by atoms with Gasteiger partial charge in [-0.25, -0.2) is 0 Å². The van der Waals surface area contributed by atoms with Gasteiger partial charge in [-0.15, -0.1) is 6.58 Å². The number of benzene rings is 1. The lowest BCUT2D eigenvalue weighted by molar-refractivity contribution is 0.255.